The van der Waals surface area contributed by atoms with Crippen LogP contribution in [0.5, 0.6) is 5.75 Å². The molecule has 0 spiro atoms. The first-order valence-electron chi connectivity index (χ1n) is 10.4. The van der Waals surface area contributed by atoms with Crippen LogP contribution >= 0.6 is 11.6 Å². The zero-order chi connectivity index (χ0) is 20.8. The summed E-state index contributed by atoms with van der Waals surface area (Å²) in [5.41, 5.74) is 3.45. The van der Waals surface area contributed by atoms with E-state index in [-0.39, 0.29) is 17.9 Å². The zero-order valence-electron chi connectivity index (χ0n) is 17.6. The molecule has 29 heavy (non-hydrogen) atoms. The summed E-state index contributed by atoms with van der Waals surface area (Å²) in [7, 11) is 1.68. The Labute approximate surface area is 179 Å². The van der Waals surface area contributed by atoms with Crippen molar-refractivity contribution in [2.75, 3.05) is 20.2 Å². The van der Waals surface area contributed by atoms with Crippen LogP contribution in [0.3, 0.4) is 0 Å². The number of amides is 1. The summed E-state index contributed by atoms with van der Waals surface area (Å²) >= 11 is 6.09. The number of likely N-dealkylation sites (tertiary alicyclic amines) is 1. The number of nitrogens with one attached hydrogen (secondary N) is 1. The molecule has 156 valence electrons. The van der Waals surface area contributed by atoms with Crippen molar-refractivity contribution in [1.82, 2.24) is 10.2 Å². The summed E-state index contributed by atoms with van der Waals surface area (Å²) in [4.78, 5) is 15.3. The van der Waals surface area contributed by atoms with Crippen molar-refractivity contribution in [3.63, 3.8) is 0 Å². The first-order valence-corrected chi connectivity index (χ1v) is 10.8. The average molecular weight is 415 g/mol. The molecular weight excluding hydrogens is 384 g/mol. The number of hydrogen-bond acceptors (Lipinski definition) is 3. The maximum absolute atomic E-state index is 12.9. The summed E-state index contributed by atoms with van der Waals surface area (Å²) in [5, 5.41) is 4.05. The van der Waals surface area contributed by atoms with Crippen LogP contribution in [0.15, 0.2) is 42.5 Å². The second-order valence-electron chi connectivity index (χ2n) is 7.88. The van der Waals surface area contributed by atoms with Gasteiger partial charge in [-0.3, -0.25) is 9.69 Å². The van der Waals surface area contributed by atoms with Crippen LogP contribution in [0.4, 0.5) is 0 Å². The highest BCUT2D eigenvalue weighted by Gasteiger charge is 2.26. The predicted octanol–water partition coefficient (Wildman–Crippen LogP) is 5.14. The highest BCUT2D eigenvalue weighted by Crippen LogP contribution is 2.26. The second kappa shape index (κ2) is 10.1. The van der Waals surface area contributed by atoms with Crippen LogP contribution in [-0.2, 0) is 11.3 Å². The Morgan fingerprint density at radius 2 is 2.00 bits per heavy atom. The number of aryl methyl sites for hydroxylation is 1. The van der Waals surface area contributed by atoms with Gasteiger partial charge in [-0.15, -0.1) is 0 Å². The van der Waals surface area contributed by atoms with E-state index < -0.39 is 0 Å². The predicted molar refractivity (Wildman–Crippen MR) is 118 cm³/mol. The van der Waals surface area contributed by atoms with Gasteiger partial charge in [0.05, 0.1) is 13.2 Å². The second-order valence-corrected chi connectivity index (χ2v) is 8.32. The Bertz CT molecular complexity index is 831. The SMILES string of the molecule is CC[C@H](NC(=O)C1CCN(Cc2cccc(Cl)c2)CC1)c1ccc(OC)c(C)c1. The Morgan fingerprint density at radius 3 is 2.62 bits per heavy atom. The third-order valence-electron chi connectivity index (χ3n) is 5.80. The molecule has 1 aliphatic heterocycles. The molecule has 3 rings (SSSR count). The largest absolute Gasteiger partial charge is 0.496 e. The molecule has 0 aromatic heterocycles. The smallest absolute Gasteiger partial charge is 0.223 e. The molecule has 2 aromatic carbocycles. The van der Waals surface area contributed by atoms with Gasteiger partial charge in [0.2, 0.25) is 5.91 Å². The molecule has 0 saturated carbocycles. The number of carbonyl (C=O) groups excluding carboxylic acids is 1. The van der Waals surface area contributed by atoms with Gasteiger partial charge in [-0.1, -0.05) is 42.8 Å². The number of hydrogen-bond donors (Lipinski definition) is 1. The van der Waals surface area contributed by atoms with Crippen LogP contribution in [0.1, 0.15) is 48.9 Å². The molecule has 2 aromatic rings. The minimum absolute atomic E-state index is 0.0385. The van der Waals surface area contributed by atoms with Crippen LogP contribution in [0.25, 0.3) is 0 Å². The number of halogens is 1. The standard InChI is InChI=1S/C24H31ClN2O2/c1-4-22(20-8-9-23(29-3)17(2)14-20)26-24(28)19-10-12-27(13-11-19)16-18-6-5-7-21(25)15-18/h5-9,14-15,19,22H,4,10-13,16H2,1-3H3,(H,26,28)/t22-/m0/s1. The Morgan fingerprint density at radius 1 is 1.24 bits per heavy atom. The number of rotatable bonds is 7. The molecular formula is C24H31ClN2O2. The first kappa shape index (κ1) is 21.7. The topological polar surface area (TPSA) is 41.6 Å². The molecule has 4 nitrogen and oxygen atoms in total. The van der Waals surface area contributed by atoms with Gasteiger partial charge < -0.3 is 10.1 Å². The summed E-state index contributed by atoms with van der Waals surface area (Å²) in [6, 6.07) is 14.2. The summed E-state index contributed by atoms with van der Waals surface area (Å²) in [5.74, 6) is 1.13. The van der Waals surface area contributed by atoms with E-state index in [1.165, 1.54) is 5.56 Å². The molecule has 1 atom stereocenters. The van der Waals surface area contributed by atoms with Crippen molar-refractivity contribution in [2.24, 2.45) is 5.92 Å². The number of methoxy groups -OCH3 is 1. The van der Waals surface area contributed by atoms with Crippen LogP contribution < -0.4 is 10.1 Å². The molecule has 0 bridgehead atoms. The number of benzene rings is 2. The van der Waals surface area contributed by atoms with E-state index >= 15 is 0 Å². The highest BCUT2D eigenvalue weighted by atomic mass is 35.5. The summed E-state index contributed by atoms with van der Waals surface area (Å²) in [6.07, 6.45) is 2.65. The van der Waals surface area contributed by atoms with E-state index in [0.29, 0.717) is 0 Å². The fraction of sp³-hybridized carbons (Fsp3) is 0.458. The van der Waals surface area contributed by atoms with E-state index in [1.807, 2.05) is 37.3 Å². The normalized spacial score (nSPS) is 16.4. The Balaban J connectivity index is 1.53. The highest BCUT2D eigenvalue weighted by molar-refractivity contribution is 6.30. The van der Waals surface area contributed by atoms with E-state index in [0.717, 1.165) is 60.8 Å². The van der Waals surface area contributed by atoms with Crippen molar-refractivity contribution in [2.45, 2.75) is 45.7 Å². The van der Waals surface area contributed by atoms with Crippen LogP contribution in [0.2, 0.25) is 5.02 Å². The average Bonchev–Trinajstić information content (AvgIpc) is 2.72. The fourth-order valence-corrected chi connectivity index (χ4v) is 4.29. The van der Waals surface area contributed by atoms with Crippen LogP contribution in [0, 0.1) is 12.8 Å². The lowest BCUT2D eigenvalue weighted by molar-refractivity contribution is -0.127. The van der Waals surface area contributed by atoms with Gasteiger partial charge in [-0.25, -0.2) is 0 Å². The zero-order valence-corrected chi connectivity index (χ0v) is 18.3. The maximum atomic E-state index is 12.9. The van der Waals surface area contributed by atoms with Crippen molar-refractivity contribution in [1.29, 1.82) is 0 Å². The van der Waals surface area contributed by atoms with Gasteiger partial charge in [0.15, 0.2) is 0 Å². The van der Waals surface area contributed by atoms with E-state index in [2.05, 4.69) is 29.3 Å². The minimum atomic E-state index is 0.0385. The quantitative estimate of drug-likeness (QED) is 0.682. The van der Waals surface area contributed by atoms with Gasteiger partial charge in [-0.05, 0) is 74.2 Å². The van der Waals surface area contributed by atoms with Crippen molar-refractivity contribution in [3.05, 3.63) is 64.2 Å². The van der Waals surface area contributed by atoms with E-state index in [9.17, 15) is 4.79 Å². The van der Waals surface area contributed by atoms with Crippen molar-refractivity contribution in [3.8, 4) is 5.75 Å². The number of nitrogens with zero attached hydrogens (tertiary/aromatic N) is 1. The molecule has 1 fully saturated rings. The van der Waals surface area contributed by atoms with E-state index in [1.54, 1.807) is 7.11 Å². The molecule has 5 heteroatoms. The summed E-state index contributed by atoms with van der Waals surface area (Å²) in [6.45, 7) is 6.90. The molecule has 0 unspecified atom stereocenters. The first-order chi connectivity index (χ1) is 14.0. The Kier molecular flexibility index (Phi) is 7.57. The van der Waals surface area contributed by atoms with Crippen molar-refractivity contribution >= 4 is 17.5 Å². The Hall–Kier alpha value is -2.04. The lowest BCUT2D eigenvalue weighted by Gasteiger charge is -2.32. The molecule has 0 radical (unpaired) electrons. The van der Waals surface area contributed by atoms with Crippen LogP contribution in [-0.4, -0.2) is 31.0 Å². The van der Waals surface area contributed by atoms with E-state index in [4.69, 9.17) is 16.3 Å². The van der Waals surface area contributed by atoms with Crippen molar-refractivity contribution < 1.29 is 9.53 Å². The van der Waals surface area contributed by atoms with Gasteiger partial charge in [0.1, 0.15) is 5.75 Å². The van der Waals surface area contributed by atoms with Gasteiger partial charge in [-0.2, -0.15) is 0 Å². The lowest BCUT2D eigenvalue weighted by Crippen LogP contribution is -2.41. The van der Waals surface area contributed by atoms with Gasteiger partial charge >= 0.3 is 0 Å². The third-order valence-corrected chi connectivity index (χ3v) is 6.03. The van der Waals surface area contributed by atoms with Gasteiger partial charge in [0, 0.05) is 17.5 Å². The number of piperidine rings is 1. The molecule has 1 saturated heterocycles. The lowest BCUT2D eigenvalue weighted by atomic mass is 9.94. The number of ether oxygens (including phenoxy) is 1. The molecule has 1 aliphatic rings. The number of carbonyl (C=O) groups is 1. The molecule has 1 heterocycles. The monoisotopic (exact) mass is 414 g/mol. The fourth-order valence-electron chi connectivity index (χ4n) is 4.08. The summed E-state index contributed by atoms with van der Waals surface area (Å²) < 4.78 is 5.35. The molecule has 1 amide bonds. The van der Waals surface area contributed by atoms with Gasteiger partial charge in [0.25, 0.3) is 0 Å². The third kappa shape index (κ3) is 5.74. The maximum Gasteiger partial charge on any atom is 0.223 e. The molecule has 0 aliphatic carbocycles. The molecule has 1 N–H and O–H groups in total. The minimum Gasteiger partial charge on any atom is -0.496 e.